The molecule has 4 aromatic rings. The number of hydrogen-bond donors (Lipinski definition) is 0. The summed E-state index contributed by atoms with van der Waals surface area (Å²) in [7, 11) is 0. The number of rotatable bonds is 6. The van der Waals surface area contributed by atoms with Crippen molar-refractivity contribution in [2.45, 2.75) is 26.6 Å². The molecule has 0 saturated carbocycles. The van der Waals surface area contributed by atoms with Gasteiger partial charge >= 0.3 is 0 Å². The van der Waals surface area contributed by atoms with E-state index >= 15 is 0 Å². The van der Waals surface area contributed by atoms with Gasteiger partial charge in [-0.3, -0.25) is 0 Å². The highest BCUT2D eigenvalue weighted by atomic mass is 15.5. The topological polar surface area (TPSA) is 52.4 Å². The van der Waals surface area contributed by atoms with Crippen LogP contribution in [-0.2, 0) is 19.6 Å². The lowest BCUT2D eigenvalue weighted by atomic mass is 10.2. The summed E-state index contributed by atoms with van der Waals surface area (Å²) in [4.78, 5) is 0. The Kier molecular flexibility index (Phi) is 4.55. The molecule has 0 N–H and O–H groups in total. The quantitative estimate of drug-likeness (QED) is 0.505. The third kappa shape index (κ3) is 3.54. The molecule has 0 aliphatic heterocycles. The SMILES string of the molecule is CCn1n[n+](Cc2ccccc2)cc1-c1cn(Cc2ccccc2)nn1. The van der Waals surface area contributed by atoms with E-state index in [-0.39, 0.29) is 0 Å². The standard InChI is InChI=1S/C20H21N6/c1-2-26-20(16-25(23-26)14-18-11-7-4-8-12-18)19-15-24(22-21-19)13-17-9-5-3-6-10-17/h3-12,15-16H,2,13-14H2,1H3/q+1. The largest absolute Gasteiger partial charge is 0.247 e. The van der Waals surface area contributed by atoms with Crippen LogP contribution in [0.25, 0.3) is 11.4 Å². The fraction of sp³-hybridized carbons (Fsp3) is 0.200. The maximum Gasteiger partial charge on any atom is 0.219 e. The molecule has 0 spiro atoms. The molecule has 0 unspecified atom stereocenters. The first-order valence-corrected chi connectivity index (χ1v) is 8.78. The van der Waals surface area contributed by atoms with E-state index < -0.39 is 0 Å². The minimum absolute atomic E-state index is 0.706. The van der Waals surface area contributed by atoms with Gasteiger partial charge in [-0.2, -0.15) is 0 Å². The molecule has 0 aliphatic carbocycles. The molecule has 0 saturated heterocycles. The van der Waals surface area contributed by atoms with E-state index in [0.29, 0.717) is 6.54 Å². The van der Waals surface area contributed by atoms with Gasteiger partial charge in [-0.25, -0.2) is 4.68 Å². The zero-order valence-electron chi connectivity index (χ0n) is 14.7. The summed E-state index contributed by atoms with van der Waals surface area (Å²) in [6.07, 6.45) is 4.01. The van der Waals surface area contributed by atoms with Crippen LogP contribution in [0.2, 0.25) is 0 Å². The van der Waals surface area contributed by atoms with Crippen LogP contribution in [0.5, 0.6) is 0 Å². The molecule has 2 aromatic carbocycles. The summed E-state index contributed by atoms with van der Waals surface area (Å²) in [5.74, 6) is 0. The van der Waals surface area contributed by atoms with E-state index in [9.17, 15) is 0 Å². The van der Waals surface area contributed by atoms with Crippen molar-refractivity contribution in [1.29, 1.82) is 0 Å². The van der Waals surface area contributed by atoms with Crippen molar-refractivity contribution in [2.75, 3.05) is 0 Å². The second-order valence-corrected chi connectivity index (χ2v) is 6.19. The molecule has 26 heavy (non-hydrogen) atoms. The van der Waals surface area contributed by atoms with Gasteiger partial charge in [0.05, 0.1) is 18.0 Å². The van der Waals surface area contributed by atoms with Crippen molar-refractivity contribution >= 4 is 0 Å². The Hall–Kier alpha value is -3.28. The molecule has 6 heteroatoms. The average molecular weight is 345 g/mol. The Morgan fingerprint density at radius 1 is 0.923 bits per heavy atom. The van der Waals surface area contributed by atoms with Gasteiger partial charge in [0.15, 0.2) is 11.9 Å². The van der Waals surface area contributed by atoms with Crippen molar-refractivity contribution < 1.29 is 4.68 Å². The van der Waals surface area contributed by atoms with Crippen LogP contribution in [0.4, 0.5) is 0 Å². The van der Waals surface area contributed by atoms with Crippen LogP contribution in [-0.4, -0.2) is 24.9 Å². The molecule has 4 rings (SSSR count). The Labute approximate surface area is 152 Å². The average Bonchev–Trinajstić information content (AvgIpc) is 3.30. The third-order valence-electron chi connectivity index (χ3n) is 4.25. The highest BCUT2D eigenvalue weighted by Gasteiger charge is 2.19. The summed E-state index contributed by atoms with van der Waals surface area (Å²) in [6, 6.07) is 20.6. The van der Waals surface area contributed by atoms with Crippen molar-refractivity contribution in [2.24, 2.45) is 0 Å². The summed E-state index contributed by atoms with van der Waals surface area (Å²) in [6.45, 7) is 4.30. The molecular formula is C20H21N6+. The molecule has 0 fully saturated rings. The van der Waals surface area contributed by atoms with Gasteiger partial charge in [0, 0.05) is 0 Å². The number of aryl methyl sites for hydroxylation is 1. The van der Waals surface area contributed by atoms with Crippen molar-refractivity contribution in [3.8, 4) is 11.4 Å². The summed E-state index contributed by atoms with van der Waals surface area (Å²) < 4.78 is 5.77. The Bertz CT molecular complexity index is 972. The van der Waals surface area contributed by atoms with Crippen molar-refractivity contribution in [1.82, 2.24) is 24.9 Å². The maximum absolute atomic E-state index is 4.65. The van der Waals surface area contributed by atoms with E-state index in [2.05, 4.69) is 46.7 Å². The van der Waals surface area contributed by atoms with E-state index in [0.717, 1.165) is 24.5 Å². The minimum Gasteiger partial charge on any atom is -0.247 e. The normalized spacial score (nSPS) is 11.0. The van der Waals surface area contributed by atoms with Gasteiger partial charge in [0.2, 0.25) is 5.69 Å². The second-order valence-electron chi connectivity index (χ2n) is 6.19. The van der Waals surface area contributed by atoms with Crippen LogP contribution in [0.15, 0.2) is 73.1 Å². The van der Waals surface area contributed by atoms with Gasteiger partial charge < -0.3 is 0 Å². The van der Waals surface area contributed by atoms with Crippen LogP contribution >= 0.6 is 0 Å². The van der Waals surface area contributed by atoms with E-state index in [1.54, 1.807) is 0 Å². The zero-order valence-corrected chi connectivity index (χ0v) is 14.7. The molecule has 0 atom stereocenters. The highest BCUT2D eigenvalue weighted by Crippen LogP contribution is 2.14. The second kappa shape index (κ2) is 7.31. The first kappa shape index (κ1) is 16.2. The van der Waals surface area contributed by atoms with Gasteiger partial charge in [-0.15, -0.1) is 14.5 Å². The fourth-order valence-electron chi connectivity index (χ4n) is 2.96. The van der Waals surface area contributed by atoms with Gasteiger partial charge in [0.1, 0.15) is 13.1 Å². The summed E-state index contributed by atoms with van der Waals surface area (Å²) >= 11 is 0. The molecule has 6 nitrogen and oxygen atoms in total. The smallest absolute Gasteiger partial charge is 0.219 e. The molecule has 0 amide bonds. The number of aromatic nitrogens is 6. The summed E-state index contributed by atoms with van der Waals surface area (Å²) in [5, 5.41) is 13.3. The molecule has 2 heterocycles. The monoisotopic (exact) mass is 345 g/mol. The first-order valence-electron chi connectivity index (χ1n) is 8.78. The predicted molar refractivity (Wildman–Crippen MR) is 98.2 cm³/mol. The van der Waals surface area contributed by atoms with Gasteiger partial charge in [-0.05, 0) is 18.1 Å². The van der Waals surface area contributed by atoms with E-state index in [1.165, 1.54) is 11.1 Å². The van der Waals surface area contributed by atoms with E-state index in [1.807, 2.05) is 62.8 Å². The Balaban J connectivity index is 1.57. The maximum atomic E-state index is 4.65. The lowest BCUT2D eigenvalue weighted by Crippen LogP contribution is -2.36. The number of nitrogens with zero attached hydrogens (tertiary/aromatic N) is 6. The zero-order chi connectivity index (χ0) is 17.8. The fourth-order valence-corrected chi connectivity index (χ4v) is 2.96. The van der Waals surface area contributed by atoms with Crippen LogP contribution in [0, 0.1) is 0 Å². The molecular weight excluding hydrogens is 324 g/mol. The Morgan fingerprint density at radius 2 is 1.62 bits per heavy atom. The first-order chi connectivity index (χ1) is 12.8. The molecule has 0 bridgehead atoms. The molecule has 0 radical (unpaired) electrons. The van der Waals surface area contributed by atoms with E-state index in [4.69, 9.17) is 0 Å². The molecule has 0 aliphatic rings. The van der Waals surface area contributed by atoms with Gasteiger partial charge in [0.25, 0.3) is 0 Å². The van der Waals surface area contributed by atoms with Crippen LogP contribution in [0.1, 0.15) is 18.1 Å². The van der Waals surface area contributed by atoms with Crippen molar-refractivity contribution in [3.63, 3.8) is 0 Å². The third-order valence-corrected chi connectivity index (χ3v) is 4.25. The van der Waals surface area contributed by atoms with Crippen molar-refractivity contribution in [3.05, 3.63) is 84.2 Å². The molecule has 2 aromatic heterocycles. The molecule has 130 valence electrons. The summed E-state index contributed by atoms with van der Waals surface area (Å²) in [5.41, 5.74) is 4.23. The van der Waals surface area contributed by atoms with Gasteiger partial charge in [-0.1, -0.05) is 65.9 Å². The lowest BCUT2D eigenvalue weighted by molar-refractivity contribution is -0.747. The predicted octanol–water partition coefficient (Wildman–Crippen LogP) is 2.55. The number of benzene rings is 2. The minimum atomic E-state index is 0.706. The number of hydrogen-bond acceptors (Lipinski definition) is 3. The highest BCUT2D eigenvalue weighted by molar-refractivity contribution is 5.50. The Morgan fingerprint density at radius 3 is 2.31 bits per heavy atom. The van der Waals surface area contributed by atoms with Crippen LogP contribution in [0.3, 0.4) is 0 Å². The van der Waals surface area contributed by atoms with Crippen LogP contribution < -0.4 is 4.68 Å². The lowest BCUT2D eigenvalue weighted by Gasteiger charge is -1.99.